The summed E-state index contributed by atoms with van der Waals surface area (Å²) in [6.07, 6.45) is -4.33. The lowest BCUT2D eigenvalue weighted by Gasteiger charge is -2.14. The fraction of sp³-hybridized carbons (Fsp3) is 0.381. The van der Waals surface area contributed by atoms with Gasteiger partial charge in [0.05, 0.1) is 32.1 Å². The quantitative estimate of drug-likeness (QED) is 0.243. The molecule has 3 N–H and O–H groups in total. The number of nitrogens with two attached hydrogens (primary N) is 1. The Morgan fingerprint density at radius 2 is 1.65 bits per heavy atom. The standard InChI is InChI=1S/C21H26F3N3O3.HI/c1-3-29-17-9-10-19(30-4-2)18(11-17)27-20(25)26-12-15-5-7-16(8-6-15)13-28-14-21(22,23)24;/h5-11H,3-4,12-14H2,1-2H3,(H3,25,26,27);1H. The van der Waals surface area contributed by atoms with Gasteiger partial charge in [0, 0.05) is 6.07 Å². The fourth-order valence-corrected chi connectivity index (χ4v) is 2.52. The number of halogens is 4. The molecule has 0 aromatic heterocycles. The Labute approximate surface area is 197 Å². The molecule has 6 nitrogen and oxygen atoms in total. The van der Waals surface area contributed by atoms with E-state index in [1.54, 1.807) is 36.4 Å². The molecule has 172 valence electrons. The maximum absolute atomic E-state index is 12.1. The van der Waals surface area contributed by atoms with Crippen molar-refractivity contribution in [2.45, 2.75) is 33.2 Å². The van der Waals surface area contributed by atoms with Crippen molar-refractivity contribution in [2.75, 3.05) is 25.1 Å². The minimum absolute atomic E-state index is 0. The first-order chi connectivity index (χ1) is 14.3. The zero-order chi connectivity index (χ0) is 22.0. The highest BCUT2D eigenvalue weighted by molar-refractivity contribution is 14.0. The van der Waals surface area contributed by atoms with Crippen LogP contribution in [0.2, 0.25) is 0 Å². The molecule has 0 unspecified atom stereocenters. The Bertz CT molecular complexity index is 831. The Morgan fingerprint density at radius 3 is 2.26 bits per heavy atom. The molecule has 0 radical (unpaired) electrons. The number of nitrogens with zero attached hydrogens (tertiary/aromatic N) is 1. The van der Waals surface area contributed by atoms with Gasteiger partial charge in [0.1, 0.15) is 18.1 Å². The van der Waals surface area contributed by atoms with Gasteiger partial charge >= 0.3 is 6.18 Å². The van der Waals surface area contributed by atoms with Crippen LogP contribution in [-0.2, 0) is 17.9 Å². The van der Waals surface area contributed by atoms with Gasteiger partial charge in [-0.05, 0) is 37.1 Å². The van der Waals surface area contributed by atoms with E-state index in [-0.39, 0.29) is 36.5 Å². The molecule has 0 fully saturated rings. The molecule has 10 heteroatoms. The summed E-state index contributed by atoms with van der Waals surface area (Å²) in [5.41, 5.74) is 8.13. The number of hydrogen-bond donors (Lipinski definition) is 2. The van der Waals surface area contributed by atoms with Crippen LogP contribution in [0.15, 0.2) is 47.5 Å². The summed E-state index contributed by atoms with van der Waals surface area (Å²) in [4.78, 5) is 4.30. The average Bonchev–Trinajstić information content (AvgIpc) is 2.69. The molecule has 0 aliphatic carbocycles. The number of alkyl halides is 3. The maximum Gasteiger partial charge on any atom is 0.411 e. The molecule has 0 bridgehead atoms. The predicted molar refractivity (Wildman–Crippen MR) is 125 cm³/mol. The monoisotopic (exact) mass is 553 g/mol. The summed E-state index contributed by atoms with van der Waals surface area (Å²) in [6, 6.07) is 12.3. The SMILES string of the molecule is CCOc1ccc(OCC)c(NC(N)=NCc2ccc(COCC(F)(F)F)cc2)c1.I. The van der Waals surface area contributed by atoms with Gasteiger partial charge in [-0.15, -0.1) is 24.0 Å². The van der Waals surface area contributed by atoms with E-state index in [1.165, 1.54) is 0 Å². The van der Waals surface area contributed by atoms with Crippen LogP contribution in [0, 0.1) is 0 Å². The molecule has 0 saturated carbocycles. The van der Waals surface area contributed by atoms with Crippen molar-refractivity contribution in [3.05, 3.63) is 53.6 Å². The molecule has 0 heterocycles. The summed E-state index contributed by atoms with van der Waals surface area (Å²) in [5, 5.41) is 3.01. The number of nitrogens with one attached hydrogen (secondary N) is 1. The first kappa shape index (κ1) is 26.8. The molecule has 0 amide bonds. The van der Waals surface area contributed by atoms with Crippen molar-refractivity contribution >= 4 is 35.6 Å². The normalized spacial score (nSPS) is 11.6. The fourth-order valence-electron chi connectivity index (χ4n) is 2.52. The molecule has 0 atom stereocenters. The zero-order valence-corrected chi connectivity index (χ0v) is 19.7. The second-order valence-corrected chi connectivity index (χ2v) is 6.27. The van der Waals surface area contributed by atoms with E-state index in [1.807, 2.05) is 19.9 Å². The van der Waals surface area contributed by atoms with E-state index < -0.39 is 12.8 Å². The molecular formula is C21H27F3IN3O3. The minimum Gasteiger partial charge on any atom is -0.494 e. The topological polar surface area (TPSA) is 78.1 Å². The zero-order valence-electron chi connectivity index (χ0n) is 17.4. The third-order valence-corrected chi connectivity index (χ3v) is 3.81. The van der Waals surface area contributed by atoms with Gasteiger partial charge in [-0.3, -0.25) is 0 Å². The highest BCUT2D eigenvalue weighted by Crippen LogP contribution is 2.29. The highest BCUT2D eigenvalue weighted by atomic mass is 127. The van der Waals surface area contributed by atoms with Crippen molar-refractivity contribution in [3.8, 4) is 11.5 Å². The molecule has 31 heavy (non-hydrogen) atoms. The average molecular weight is 553 g/mol. The van der Waals surface area contributed by atoms with E-state index in [9.17, 15) is 13.2 Å². The number of hydrogen-bond acceptors (Lipinski definition) is 4. The maximum atomic E-state index is 12.1. The summed E-state index contributed by atoms with van der Waals surface area (Å²) in [7, 11) is 0. The highest BCUT2D eigenvalue weighted by Gasteiger charge is 2.27. The Hall–Kier alpha value is -2.21. The van der Waals surface area contributed by atoms with Crippen LogP contribution < -0.4 is 20.5 Å². The van der Waals surface area contributed by atoms with Crippen molar-refractivity contribution in [2.24, 2.45) is 10.7 Å². The van der Waals surface area contributed by atoms with Crippen molar-refractivity contribution in [1.82, 2.24) is 0 Å². The van der Waals surface area contributed by atoms with Gasteiger partial charge in [-0.2, -0.15) is 13.2 Å². The number of benzene rings is 2. The third-order valence-electron chi connectivity index (χ3n) is 3.81. The van der Waals surface area contributed by atoms with Gasteiger partial charge in [0.15, 0.2) is 5.96 Å². The smallest absolute Gasteiger partial charge is 0.411 e. The molecule has 2 aromatic carbocycles. The van der Waals surface area contributed by atoms with Gasteiger partial charge in [-0.1, -0.05) is 24.3 Å². The number of aliphatic imine (C=N–C) groups is 1. The van der Waals surface area contributed by atoms with Gasteiger partial charge in [0.25, 0.3) is 0 Å². The molecule has 2 aromatic rings. The molecule has 0 spiro atoms. The van der Waals surface area contributed by atoms with Crippen LogP contribution in [0.5, 0.6) is 11.5 Å². The van der Waals surface area contributed by atoms with Gasteiger partial charge in [0.2, 0.25) is 0 Å². The van der Waals surface area contributed by atoms with E-state index in [0.29, 0.717) is 42.5 Å². The van der Waals surface area contributed by atoms with Crippen LogP contribution in [-0.4, -0.2) is 32.0 Å². The number of anilines is 1. The first-order valence-corrected chi connectivity index (χ1v) is 9.49. The Balaban J connectivity index is 0.00000480. The minimum atomic E-state index is -4.33. The summed E-state index contributed by atoms with van der Waals surface area (Å²) in [6.45, 7) is 3.74. The number of ether oxygens (including phenoxy) is 3. The first-order valence-electron chi connectivity index (χ1n) is 9.49. The molecular weight excluding hydrogens is 526 g/mol. The van der Waals surface area contributed by atoms with Crippen LogP contribution in [0.25, 0.3) is 0 Å². The van der Waals surface area contributed by atoms with Gasteiger partial charge < -0.3 is 25.3 Å². The van der Waals surface area contributed by atoms with Crippen molar-refractivity contribution in [3.63, 3.8) is 0 Å². The lowest BCUT2D eigenvalue weighted by molar-refractivity contribution is -0.176. The second kappa shape index (κ2) is 13.3. The predicted octanol–water partition coefficient (Wildman–Crippen LogP) is 5.11. The summed E-state index contributed by atoms with van der Waals surface area (Å²) >= 11 is 0. The lowest BCUT2D eigenvalue weighted by Crippen LogP contribution is -2.23. The molecule has 0 saturated heterocycles. The van der Waals surface area contributed by atoms with Crippen LogP contribution in [0.3, 0.4) is 0 Å². The van der Waals surface area contributed by atoms with Gasteiger partial charge in [-0.25, -0.2) is 4.99 Å². The van der Waals surface area contributed by atoms with E-state index >= 15 is 0 Å². The molecule has 0 aliphatic rings. The molecule has 0 aliphatic heterocycles. The largest absolute Gasteiger partial charge is 0.494 e. The molecule has 2 rings (SSSR count). The Morgan fingerprint density at radius 1 is 1.00 bits per heavy atom. The number of guanidine groups is 1. The lowest BCUT2D eigenvalue weighted by atomic mass is 10.1. The summed E-state index contributed by atoms with van der Waals surface area (Å²) < 4.78 is 52.1. The van der Waals surface area contributed by atoms with Crippen LogP contribution >= 0.6 is 24.0 Å². The van der Waals surface area contributed by atoms with Crippen molar-refractivity contribution in [1.29, 1.82) is 0 Å². The third kappa shape index (κ3) is 10.1. The van der Waals surface area contributed by atoms with Crippen molar-refractivity contribution < 1.29 is 27.4 Å². The van der Waals surface area contributed by atoms with E-state index in [0.717, 1.165) is 5.56 Å². The Kier molecular flexibility index (Phi) is 11.5. The van der Waals surface area contributed by atoms with E-state index in [2.05, 4.69) is 15.0 Å². The van der Waals surface area contributed by atoms with Crippen LogP contribution in [0.4, 0.5) is 18.9 Å². The van der Waals surface area contributed by atoms with E-state index in [4.69, 9.17) is 15.2 Å². The number of rotatable bonds is 10. The van der Waals surface area contributed by atoms with Crippen LogP contribution in [0.1, 0.15) is 25.0 Å². The summed E-state index contributed by atoms with van der Waals surface area (Å²) in [5.74, 6) is 1.50. The second-order valence-electron chi connectivity index (χ2n) is 6.27.